The highest BCUT2D eigenvalue weighted by Crippen LogP contribution is 2.61. The number of hydrogen-bond acceptors (Lipinski definition) is 2. The topological polar surface area (TPSA) is 57.0 Å². The second-order valence-corrected chi connectivity index (χ2v) is 7.79. The fourth-order valence-electron chi connectivity index (χ4n) is 6.19. The third-order valence-corrected chi connectivity index (χ3v) is 6.60. The van der Waals surface area contributed by atoms with Crippen LogP contribution < -0.4 is 11.5 Å². The van der Waals surface area contributed by atoms with Gasteiger partial charge in [-0.15, -0.1) is 0 Å². The monoisotopic (exact) mass is 273 g/mol. The summed E-state index contributed by atoms with van der Waals surface area (Å²) in [7, 11) is 2.19. The molecule has 1 aromatic rings. The van der Waals surface area contributed by atoms with E-state index in [1.165, 1.54) is 55.5 Å². The zero-order chi connectivity index (χ0) is 14.1. The van der Waals surface area contributed by atoms with Crippen LogP contribution in [0.15, 0.2) is 0 Å². The molecule has 0 radical (unpaired) electrons. The minimum atomic E-state index is 0.367. The summed E-state index contributed by atoms with van der Waals surface area (Å²) in [6.45, 7) is 2.74. The largest absolute Gasteiger partial charge is 0.397 e. The van der Waals surface area contributed by atoms with Crippen LogP contribution in [0.2, 0.25) is 0 Å². The van der Waals surface area contributed by atoms with Crippen LogP contribution in [0, 0.1) is 24.7 Å². The lowest BCUT2D eigenvalue weighted by Crippen LogP contribution is -2.49. The fraction of sp³-hybridized carbons (Fsp3) is 0.765. The zero-order valence-electron chi connectivity index (χ0n) is 12.8. The van der Waals surface area contributed by atoms with E-state index in [4.69, 9.17) is 11.5 Å². The molecule has 0 spiro atoms. The van der Waals surface area contributed by atoms with Gasteiger partial charge in [-0.3, -0.25) is 0 Å². The summed E-state index contributed by atoms with van der Waals surface area (Å²) in [4.78, 5) is 0. The second kappa shape index (κ2) is 4.03. The van der Waals surface area contributed by atoms with Crippen molar-refractivity contribution in [2.75, 3.05) is 5.73 Å². The van der Waals surface area contributed by atoms with E-state index in [1.807, 2.05) is 0 Å². The van der Waals surface area contributed by atoms with E-state index in [2.05, 4.69) is 18.5 Å². The highest BCUT2D eigenvalue weighted by Gasteiger charge is 2.53. The minimum Gasteiger partial charge on any atom is -0.397 e. The van der Waals surface area contributed by atoms with Crippen molar-refractivity contribution in [1.29, 1.82) is 0 Å². The van der Waals surface area contributed by atoms with Gasteiger partial charge in [0.2, 0.25) is 0 Å². The summed E-state index contributed by atoms with van der Waals surface area (Å²) in [6.07, 6.45) is 8.53. The van der Waals surface area contributed by atoms with Gasteiger partial charge < -0.3 is 16.0 Å². The molecule has 0 aliphatic heterocycles. The number of nitrogens with two attached hydrogens (primary N) is 2. The maximum Gasteiger partial charge on any atom is 0.0581 e. The van der Waals surface area contributed by atoms with Crippen LogP contribution in [0.1, 0.15) is 55.5 Å². The number of nitrogen functional groups attached to an aromatic ring is 1. The normalized spacial score (nSPS) is 38.6. The first kappa shape index (κ1) is 12.8. The summed E-state index contributed by atoms with van der Waals surface area (Å²) >= 11 is 0. The molecule has 0 saturated heterocycles. The molecule has 3 heteroatoms. The summed E-state index contributed by atoms with van der Waals surface area (Å²) in [6, 6.07) is 0. The van der Waals surface area contributed by atoms with E-state index in [-0.39, 0.29) is 0 Å². The molecule has 0 atom stereocenters. The van der Waals surface area contributed by atoms with Crippen molar-refractivity contribution in [3.63, 3.8) is 0 Å². The molecule has 0 aromatic carbocycles. The molecule has 110 valence electrons. The number of hydrogen-bond donors (Lipinski definition) is 2. The molecule has 5 rings (SSSR count). The van der Waals surface area contributed by atoms with Crippen LogP contribution in [0.25, 0.3) is 0 Å². The number of nitrogens with zero attached hydrogens (tertiary/aromatic N) is 1. The molecule has 20 heavy (non-hydrogen) atoms. The highest BCUT2D eigenvalue weighted by atomic mass is 15.0. The van der Waals surface area contributed by atoms with Gasteiger partial charge in [-0.2, -0.15) is 0 Å². The Morgan fingerprint density at radius 1 is 1.10 bits per heavy atom. The number of anilines is 1. The van der Waals surface area contributed by atoms with Gasteiger partial charge in [-0.25, -0.2) is 0 Å². The maximum atomic E-state index is 6.54. The zero-order valence-corrected chi connectivity index (χ0v) is 12.8. The Balaban J connectivity index is 1.85. The van der Waals surface area contributed by atoms with E-state index >= 15 is 0 Å². The lowest BCUT2D eigenvalue weighted by molar-refractivity contribution is -0.00811. The van der Waals surface area contributed by atoms with Gasteiger partial charge >= 0.3 is 0 Å². The molecule has 0 amide bonds. The van der Waals surface area contributed by atoms with Gasteiger partial charge in [0.15, 0.2) is 0 Å². The predicted octanol–water partition coefficient (Wildman–Crippen LogP) is 2.84. The van der Waals surface area contributed by atoms with Gasteiger partial charge in [-0.05, 0) is 63.2 Å². The van der Waals surface area contributed by atoms with Crippen LogP contribution in [-0.4, -0.2) is 4.57 Å². The summed E-state index contributed by atoms with van der Waals surface area (Å²) in [5.41, 5.74) is 17.7. The fourth-order valence-corrected chi connectivity index (χ4v) is 6.19. The predicted molar refractivity (Wildman–Crippen MR) is 82.3 cm³/mol. The first-order valence-corrected chi connectivity index (χ1v) is 8.18. The molecule has 4 saturated carbocycles. The molecule has 4 fully saturated rings. The Morgan fingerprint density at radius 3 is 2.00 bits per heavy atom. The van der Waals surface area contributed by atoms with Crippen molar-refractivity contribution in [2.24, 2.45) is 30.5 Å². The van der Waals surface area contributed by atoms with Crippen molar-refractivity contribution in [1.82, 2.24) is 4.57 Å². The molecule has 4 aliphatic carbocycles. The first-order chi connectivity index (χ1) is 9.54. The lowest BCUT2D eigenvalue weighted by atomic mass is 9.48. The van der Waals surface area contributed by atoms with Gasteiger partial charge in [0.1, 0.15) is 0 Å². The molecule has 0 unspecified atom stereocenters. The summed E-state index contributed by atoms with van der Waals surface area (Å²) in [5.74, 6) is 2.87. The summed E-state index contributed by atoms with van der Waals surface area (Å²) in [5, 5.41) is 0. The highest BCUT2D eigenvalue weighted by molar-refractivity contribution is 5.59. The molecular formula is C17H27N3. The Morgan fingerprint density at radius 2 is 1.60 bits per heavy atom. The lowest BCUT2D eigenvalue weighted by Gasteiger charge is -2.57. The molecule has 4 aliphatic rings. The average Bonchev–Trinajstić information content (AvgIpc) is 2.58. The van der Waals surface area contributed by atoms with Gasteiger partial charge in [-0.1, -0.05) is 0 Å². The van der Waals surface area contributed by atoms with E-state index in [0.29, 0.717) is 12.0 Å². The van der Waals surface area contributed by atoms with Crippen LogP contribution in [0.5, 0.6) is 0 Å². The summed E-state index contributed by atoms with van der Waals surface area (Å²) < 4.78 is 2.37. The van der Waals surface area contributed by atoms with E-state index in [9.17, 15) is 0 Å². The third-order valence-electron chi connectivity index (χ3n) is 6.60. The number of rotatable bonds is 2. The Hall–Kier alpha value is -0.960. The van der Waals surface area contributed by atoms with Crippen molar-refractivity contribution in [3.05, 3.63) is 17.0 Å². The molecule has 3 nitrogen and oxygen atoms in total. The van der Waals surface area contributed by atoms with Crippen LogP contribution in [0.3, 0.4) is 0 Å². The molecule has 1 aromatic heterocycles. The van der Waals surface area contributed by atoms with E-state index in [1.54, 1.807) is 0 Å². The van der Waals surface area contributed by atoms with Crippen molar-refractivity contribution in [2.45, 2.75) is 57.4 Å². The maximum absolute atomic E-state index is 6.54. The van der Waals surface area contributed by atoms with E-state index < -0.39 is 0 Å². The molecular weight excluding hydrogens is 246 g/mol. The van der Waals surface area contributed by atoms with Crippen molar-refractivity contribution >= 4 is 5.69 Å². The van der Waals surface area contributed by atoms with Gasteiger partial charge in [0.25, 0.3) is 0 Å². The third kappa shape index (κ3) is 1.50. The smallest absolute Gasteiger partial charge is 0.0581 e. The van der Waals surface area contributed by atoms with Gasteiger partial charge in [0, 0.05) is 36.0 Å². The quantitative estimate of drug-likeness (QED) is 0.870. The minimum absolute atomic E-state index is 0.367. The Bertz CT molecular complexity index is 520. The molecule has 1 heterocycles. The van der Waals surface area contributed by atoms with Crippen molar-refractivity contribution < 1.29 is 0 Å². The van der Waals surface area contributed by atoms with Crippen LogP contribution >= 0.6 is 0 Å². The number of aromatic nitrogens is 1. The van der Waals surface area contributed by atoms with Crippen molar-refractivity contribution in [3.8, 4) is 0 Å². The van der Waals surface area contributed by atoms with Gasteiger partial charge in [0.05, 0.1) is 5.69 Å². The SMILES string of the molecule is Cc1c(CN)c(N)c(C23CC4CC(CC(C4)C2)C3)n1C. The molecule has 4 bridgehead atoms. The second-order valence-electron chi connectivity index (χ2n) is 7.79. The van der Waals surface area contributed by atoms with Crippen LogP contribution in [0.4, 0.5) is 5.69 Å². The van der Waals surface area contributed by atoms with Crippen LogP contribution in [-0.2, 0) is 19.0 Å². The first-order valence-electron chi connectivity index (χ1n) is 8.18. The van der Waals surface area contributed by atoms with E-state index in [0.717, 1.165) is 23.4 Å². The Labute approximate surface area is 121 Å². The molecule has 4 N–H and O–H groups in total. The average molecular weight is 273 g/mol. The standard InChI is InChI=1S/C17H27N3/c1-10-14(9-18)15(19)16(20(10)2)17-6-11-3-12(7-17)5-13(4-11)8-17/h11-13H,3-9,18-19H2,1-2H3. The Kier molecular flexibility index (Phi) is 2.57.